The van der Waals surface area contributed by atoms with Crippen molar-refractivity contribution in [2.24, 2.45) is 0 Å². The highest BCUT2D eigenvalue weighted by molar-refractivity contribution is 6.02. The molecule has 0 saturated heterocycles. The van der Waals surface area contributed by atoms with Crippen molar-refractivity contribution in [3.63, 3.8) is 0 Å². The Morgan fingerprint density at radius 1 is 1.06 bits per heavy atom. The first-order valence-corrected chi connectivity index (χ1v) is 5.20. The normalized spacial score (nSPS) is 10.9. The van der Waals surface area contributed by atoms with Gasteiger partial charge in [-0.3, -0.25) is 9.78 Å². The van der Waals surface area contributed by atoms with Crippen LogP contribution in [0, 0.1) is 0 Å². The van der Waals surface area contributed by atoms with Crippen LogP contribution in [0.2, 0.25) is 0 Å². The zero-order valence-electron chi connectivity index (χ0n) is 10.3. The molecule has 0 aliphatic heterocycles. The van der Waals surface area contributed by atoms with E-state index in [2.05, 4.69) is 9.78 Å². The lowest BCUT2D eigenvalue weighted by atomic mass is 10.1. The van der Waals surface area contributed by atoms with Gasteiger partial charge < -0.3 is 0 Å². The quantitative estimate of drug-likeness (QED) is 0.657. The molecule has 1 rings (SSSR count). The summed E-state index contributed by atoms with van der Waals surface area (Å²) in [5, 5.41) is 8.32. The van der Waals surface area contributed by atoms with Crippen LogP contribution in [0.5, 0.6) is 0 Å². The standard InChI is InChI=1S/C12H14O6/c1-12(2,3)18-17-11(14)9-7-5-4-6-8(9)10(13)16-15/h4-7,15H,1-3H3. The minimum atomic E-state index is -1.04. The summed E-state index contributed by atoms with van der Waals surface area (Å²) in [7, 11) is 0. The van der Waals surface area contributed by atoms with Crippen LogP contribution in [0.1, 0.15) is 41.5 Å². The topological polar surface area (TPSA) is 82.1 Å². The molecule has 98 valence electrons. The van der Waals surface area contributed by atoms with Crippen molar-refractivity contribution in [2.45, 2.75) is 26.4 Å². The van der Waals surface area contributed by atoms with Gasteiger partial charge >= 0.3 is 11.9 Å². The molecule has 0 atom stereocenters. The highest BCUT2D eigenvalue weighted by atomic mass is 17.2. The predicted octanol–water partition coefficient (Wildman–Crippen LogP) is 2.20. The average Bonchev–Trinajstić information content (AvgIpc) is 2.34. The summed E-state index contributed by atoms with van der Waals surface area (Å²) in [5.74, 6) is -1.88. The van der Waals surface area contributed by atoms with Crippen molar-refractivity contribution in [3.8, 4) is 0 Å². The molecule has 0 saturated carbocycles. The van der Waals surface area contributed by atoms with E-state index >= 15 is 0 Å². The molecule has 0 amide bonds. The van der Waals surface area contributed by atoms with E-state index in [1.165, 1.54) is 18.2 Å². The van der Waals surface area contributed by atoms with Gasteiger partial charge in [-0.1, -0.05) is 12.1 Å². The molecule has 0 spiro atoms. The van der Waals surface area contributed by atoms with Crippen LogP contribution in [0.3, 0.4) is 0 Å². The lowest BCUT2D eigenvalue weighted by Crippen LogP contribution is -2.23. The third-order valence-electron chi connectivity index (χ3n) is 1.82. The minimum absolute atomic E-state index is 0.0548. The van der Waals surface area contributed by atoms with Crippen LogP contribution < -0.4 is 0 Å². The van der Waals surface area contributed by atoms with E-state index in [9.17, 15) is 9.59 Å². The van der Waals surface area contributed by atoms with Crippen LogP contribution in [-0.2, 0) is 14.7 Å². The van der Waals surface area contributed by atoms with Crippen molar-refractivity contribution < 1.29 is 29.5 Å². The van der Waals surface area contributed by atoms with Crippen LogP contribution in [0.25, 0.3) is 0 Å². The molecule has 0 aromatic heterocycles. The largest absolute Gasteiger partial charge is 0.373 e. The maximum absolute atomic E-state index is 11.7. The fourth-order valence-corrected chi connectivity index (χ4v) is 1.10. The van der Waals surface area contributed by atoms with Crippen LogP contribution in [0.4, 0.5) is 0 Å². The minimum Gasteiger partial charge on any atom is -0.295 e. The van der Waals surface area contributed by atoms with Crippen LogP contribution in [0.15, 0.2) is 24.3 Å². The predicted molar refractivity (Wildman–Crippen MR) is 60.7 cm³/mol. The number of carbonyl (C=O) groups is 2. The highest BCUT2D eigenvalue weighted by Crippen LogP contribution is 2.14. The second-order valence-electron chi connectivity index (χ2n) is 4.49. The van der Waals surface area contributed by atoms with Crippen molar-refractivity contribution in [1.82, 2.24) is 0 Å². The van der Waals surface area contributed by atoms with Crippen molar-refractivity contribution in [1.29, 1.82) is 0 Å². The summed E-state index contributed by atoms with van der Waals surface area (Å²) in [4.78, 5) is 35.9. The molecule has 0 fully saturated rings. The zero-order valence-corrected chi connectivity index (χ0v) is 10.3. The first-order chi connectivity index (χ1) is 8.35. The third kappa shape index (κ3) is 3.83. The molecular weight excluding hydrogens is 240 g/mol. The summed E-state index contributed by atoms with van der Waals surface area (Å²) in [6, 6.07) is 5.75. The second-order valence-corrected chi connectivity index (χ2v) is 4.49. The van der Waals surface area contributed by atoms with Crippen molar-refractivity contribution in [2.75, 3.05) is 0 Å². The summed E-state index contributed by atoms with van der Waals surface area (Å²) >= 11 is 0. The van der Waals surface area contributed by atoms with Gasteiger partial charge in [0.05, 0.1) is 11.1 Å². The van der Waals surface area contributed by atoms with Gasteiger partial charge in [-0.2, -0.15) is 10.1 Å². The Hall–Kier alpha value is -1.92. The summed E-state index contributed by atoms with van der Waals surface area (Å²) in [5.41, 5.74) is -0.828. The van der Waals surface area contributed by atoms with Gasteiger partial charge in [0.1, 0.15) is 5.60 Å². The van der Waals surface area contributed by atoms with Gasteiger partial charge in [-0.05, 0) is 32.9 Å². The van der Waals surface area contributed by atoms with E-state index in [4.69, 9.17) is 10.1 Å². The summed E-state index contributed by atoms with van der Waals surface area (Å²) in [6.45, 7) is 5.11. The molecule has 0 radical (unpaired) electrons. The Morgan fingerprint density at radius 2 is 1.56 bits per heavy atom. The van der Waals surface area contributed by atoms with Crippen LogP contribution >= 0.6 is 0 Å². The lowest BCUT2D eigenvalue weighted by molar-refractivity contribution is -0.301. The lowest BCUT2D eigenvalue weighted by Gasteiger charge is -2.16. The highest BCUT2D eigenvalue weighted by Gasteiger charge is 2.22. The van der Waals surface area contributed by atoms with Gasteiger partial charge in [0, 0.05) is 0 Å². The van der Waals surface area contributed by atoms with E-state index in [-0.39, 0.29) is 11.1 Å². The fraction of sp³-hybridized carbons (Fsp3) is 0.333. The van der Waals surface area contributed by atoms with Crippen LogP contribution in [-0.4, -0.2) is 22.8 Å². The van der Waals surface area contributed by atoms with Gasteiger partial charge in [0.25, 0.3) is 0 Å². The Kier molecular flexibility index (Phi) is 4.41. The van der Waals surface area contributed by atoms with E-state index in [0.717, 1.165) is 0 Å². The Labute approximate surface area is 104 Å². The Balaban J connectivity index is 2.89. The molecule has 0 aliphatic carbocycles. The molecular formula is C12H14O6. The molecule has 0 bridgehead atoms. The SMILES string of the molecule is CC(C)(C)OOC(=O)c1ccccc1C(=O)OO. The third-order valence-corrected chi connectivity index (χ3v) is 1.82. The second kappa shape index (κ2) is 5.61. The van der Waals surface area contributed by atoms with E-state index in [1.807, 2.05) is 0 Å². The number of hydrogen-bond donors (Lipinski definition) is 1. The first kappa shape index (κ1) is 14.1. The van der Waals surface area contributed by atoms with E-state index in [0.29, 0.717) is 0 Å². The molecule has 6 nitrogen and oxygen atoms in total. The molecule has 1 aromatic rings. The summed E-state index contributed by atoms with van der Waals surface area (Å²) < 4.78 is 0. The van der Waals surface area contributed by atoms with Gasteiger partial charge in [-0.15, -0.1) is 0 Å². The smallest absolute Gasteiger partial charge is 0.295 e. The first-order valence-electron chi connectivity index (χ1n) is 5.20. The Morgan fingerprint density at radius 3 is 2.00 bits per heavy atom. The molecule has 0 heterocycles. The van der Waals surface area contributed by atoms with E-state index in [1.54, 1.807) is 26.8 Å². The molecule has 18 heavy (non-hydrogen) atoms. The number of rotatable bonds is 3. The van der Waals surface area contributed by atoms with Gasteiger partial charge in [0.15, 0.2) is 0 Å². The molecule has 6 heteroatoms. The summed E-state index contributed by atoms with van der Waals surface area (Å²) in [6.07, 6.45) is 0. The molecule has 0 unspecified atom stereocenters. The Bertz CT molecular complexity index is 446. The molecule has 1 N–H and O–H groups in total. The fourth-order valence-electron chi connectivity index (χ4n) is 1.10. The molecule has 1 aromatic carbocycles. The maximum Gasteiger partial charge on any atom is 0.373 e. The monoisotopic (exact) mass is 254 g/mol. The number of hydrogen-bond acceptors (Lipinski definition) is 6. The van der Waals surface area contributed by atoms with Crippen molar-refractivity contribution >= 4 is 11.9 Å². The van der Waals surface area contributed by atoms with Crippen molar-refractivity contribution in [3.05, 3.63) is 35.4 Å². The van der Waals surface area contributed by atoms with Gasteiger partial charge in [0.2, 0.25) is 0 Å². The van der Waals surface area contributed by atoms with Gasteiger partial charge in [-0.25, -0.2) is 9.59 Å². The number of benzene rings is 1. The maximum atomic E-state index is 11.7. The average molecular weight is 254 g/mol. The van der Waals surface area contributed by atoms with E-state index < -0.39 is 17.5 Å². The zero-order chi connectivity index (χ0) is 13.8. The number of carbonyl (C=O) groups excluding carboxylic acids is 2. The molecule has 0 aliphatic rings.